The lowest BCUT2D eigenvalue weighted by atomic mass is 9.96. The summed E-state index contributed by atoms with van der Waals surface area (Å²) in [7, 11) is -3.89. The second kappa shape index (κ2) is 7.72. The molecule has 1 N–H and O–H groups in total. The smallest absolute Gasteiger partial charge is 0.248 e. The van der Waals surface area contributed by atoms with Gasteiger partial charge in [0.1, 0.15) is 5.25 Å². The summed E-state index contributed by atoms with van der Waals surface area (Å²) in [5.41, 5.74) is 2.91. The number of piperidine rings is 1. The van der Waals surface area contributed by atoms with Crippen LogP contribution in [0.1, 0.15) is 24.5 Å². The number of nitrogens with zero attached hydrogens (tertiary/aromatic N) is 1. The van der Waals surface area contributed by atoms with Crippen LogP contribution in [0.25, 0.3) is 10.9 Å². The van der Waals surface area contributed by atoms with Gasteiger partial charge in [0.15, 0.2) is 9.84 Å². The zero-order valence-corrected chi connectivity index (χ0v) is 17.8. The SMILES string of the molecule is Cc1ccc(S(=O)(=O)[C@H]2C(=O)N(CCc3c[nH]c4ccccc34)C(=O)C[C@@H]2C)cc1. The van der Waals surface area contributed by atoms with Gasteiger partial charge in [0, 0.05) is 30.1 Å². The Kier molecular flexibility index (Phi) is 5.24. The molecule has 0 aliphatic carbocycles. The van der Waals surface area contributed by atoms with E-state index < -0.39 is 26.9 Å². The number of fused-ring (bicyclic) bond motifs is 1. The number of imide groups is 1. The number of aromatic nitrogens is 1. The van der Waals surface area contributed by atoms with Crippen molar-refractivity contribution in [3.8, 4) is 0 Å². The summed E-state index contributed by atoms with van der Waals surface area (Å²) >= 11 is 0. The molecule has 1 saturated heterocycles. The minimum atomic E-state index is -3.89. The highest BCUT2D eigenvalue weighted by Gasteiger charge is 2.46. The fraction of sp³-hybridized carbons (Fsp3) is 0.304. The lowest BCUT2D eigenvalue weighted by Crippen LogP contribution is -2.54. The number of hydrogen-bond donors (Lipinski definition) is 1. The van der Waals surface area contributed by atoms with E-state index in [-0.39, 0.29) is 23.8 Å². The summed E-state index contributed by atoms with van der Waals surface area (Å²) in [6, 6.07) is 14.3. The molecule has 1 aromatic heterocycles. The van der Waals surface area contributed by atoms with Crippen LogP contribution >= 0.6 is 0 Å². The summed E-state index contributed by atoms with van der Waals surface area (Å²) < 4.78 is 26.4. The number of carbonyl (C=O) groups excluding carboxylic acids is 2. The third kappa shape index (κ3) is 3.54. The Bertz CT molecular complexity index is 1210. The molecule has 156 valence electrons. The highest BCUT2D eigenvalue weighted by atomic mass is 32.2. The number of hydrogen-bond acceptors (Lipinski definition) is 4. The molecule has 0 radical (unpaired) electrons. The molecule has 0 saturated carbocycles. The number of nitrogens with one attached hydrogen (secondary N) is 1. The van der Waals surface area contributed by atoms with Crippen LogP contribution in [0.2, 0.25) is 0 Å². The van der Waals surface area contributed by atoms with Crippen molar-refractivity contribution in [1.82, 2.24) is 9.88 Å². The van der Waals surface area contributed by atoms with Crippen LogP contribution in [0.4, 0.5) is 0 Å². The fourth-order valence-corrected chi connectivity index (χ4v) is 6.04. The van der Waals surface area contributed by atoms with Crippen molar-refractivity contribution in [2.45, 2.75) is 36.8 Å². The lowest BCUT2D eigenvalue weighted by molar-refractivity contribution is -0.149. The first kappa shape index (κ1) is 20.3. The van der Waals surface area contributed by atoms with E-state index in [0.717, 1.165) is 26.9 Å². The Labute approximate surface area is 175 Å². The molecule has 2 aromatic carbocycles. The number of aryl methyl sites for hydroxylation is 1. The lowest BCUT2D eigenvalue weighted by Gasteiger charge is -2.34. The Morgan fingerprint density at radius 3 is 2.50 bits per heavy atom. The number of amides is 2. The van der Waals surface area contributed by atoms with Gasteiger partial charge in [0.2, 0.25) is 11.8 Å². The first-order valence-corrected chi connectivity index (χ1v) is 11.5. The van der Waals surface area contributed by atoms with Gasteiger partial charge in [-0.25, -0.2) is 8.42 Å². The third-order valence-electron chi connectivity index (χ3n) is 5.79. The molecule has 6 nitrogen and oxygen atoms in total. The largest absolute Gasteiger partial charge is 0.361 e. The normalized spacial score (nSPS) is 20.1. The molecular formula is C23H24N2O4S. The number of H-pyrrole nitrogens is 1. The van der Waals surface area contributed by atoms with Gasteiger partial charge in [-0.1, -0.05) is 42.8 Å². The Morgan fingerprint density at radius 2 is 1.77 bits per heavy atom. The monoisotopic (exact) mass is 424 g/mol. The summed E-state index contributed by atoms with van der Waals surface area (Å²) in [5.74, 6) is -1.51. The number of para-hydroxylation sites is 1. The van der Waals surface area contributed by atoms with Crippen LogP contribution in [-0.2, 0) is 25.8 Å². The summed E-state index contributed by atoms with van der Waals surface area (Å²) in [6.07, 6.45) is 2.37. The second-order valence-corrected chi connectivity index (χ2v) is 10.0. The van der Waals surface area contributed by atoms with E-state index in [2.05, 4.69) is 4.98 Å². The Balaban J connectivity index is 1.59. The summed E-state index contributed by atoms with van der Waals surface area (Å²) in [4.78, 5) is 30.2. The second-order valence-electron chi connectivity index (χ2n) is 7.95. The highest BCUT2D eigenvalue weighted by molar-refractivity contribution is 7.92. The maximum atomic E-state index is 13.2. The van der Waals surface area contributed by atoms with Gasteiger partial charge in [-0.05, 0) is 43.0 Å². The van der Waals surface area contributed by atoms with Crippen molar-refractivity contribution < 1.29 is 18.0 Å². The summed E-state index contributed by atoms with van der Waals surface area (Å²) in [5, 5.41) is -0.215. The van der Waals surface area contributed by atoms with E-state index in [4.69, 9.17) is 0 Å². The number of benzene rings is 2. The number of aromatic amines is 1. The number of likely N-dealkylation sites (tertiary alicyclic amines) is 1. The molecule has 2 amide bonds. The maximum Gasteiger partial charge on any atom is 0.248 e. The van der Waals surface area contributed by atoms with Crippen molar-refractivity contribution in [2.24, 2.45) is 5.92 Å². The standard InChI is InChI=1S/C23H24N2O4S/c1-15-7-9-18(10-8-15)30(28,29)22-16(2)13-21(26)25(23(22)27)12-11-17-14-24-20-6-4-3-5-19(17)20/h3-10,14,16,22,24H,11-13H2,1-2H3/t16-,22+/m0/s1. The molecule has 2 heterocycles. The minimum Gasteiger partial charge on any atom is -0.361 e. The van der Waals surface area contributed by atoms with Crippen LogP contribution in [0.15, 0.2) is 59.6 Å². The van der Waals surface area contributed by atoms with E-state index in [9.17, 15) is 18.0 Å². The molecule has 1 aliphatic heterocycles. The van der Waals surface area contributed by atoms with Crippen molar-refractivity contribution in [3.63, 3.8) is 0 Å². The molecule has 1 fully saturated rings. The van der Waals surface area contributed by atoms with Crippen LogP contribution in [-0.4, -0.2) is 41.9 Å². The maximum absolute atomic E-state index is 13.2. The number of carbonyl (C=O) groups is 2. The van der Waals surface area contributed by atoms with E-state index in [1.54, 1.807) is 19.1 Å². The molecular weight excluding hydrogens is 400 g/mol. The number of sulfone groups is 1. The van der Waals surface area contributed by atoms with E-state index in [1.807, 2.05) is 37.4 Å². The third-order valence-corrected chi connectivity index (χ3v) is 8.05. The van der Waals surface area contributed by atoms with Gasteiger partial charge >= 0.3 is 0 Å². The zero-order valence-electron chi connectivity index (χ0n) is 17.0. The van der Waals surface area contributed by atoms with E-state index in [1.165, 1.54) is 12.1 Å². The van der Waals surface area contributed by atoms with Crippen molar-refractivity contribution in [2.75, 3.05) is 6.54 Å². The zero-order chi connectivity index (χ0) is 21.5. The van der Waals surface area contributed by atoms with Gasteiger partial charge in [0.05, 0.1) is 4.90 Å². The van der Waals surface area contributed by atoms with E-state index >= 15 is 0 Å². The van der Waals surface area contributed by atoms with Crippen LogP contribution in [0.5, 0.6) is 0 Å². The Morgan fingerprint density at radius 1 is 1.07 bits per heavy atom. The molecule has 2 atom stereocenters. The predicted molar refractivity (Wildman–Crippen MR) is 115 cm³/mol. The minimum absolute atomic E-state index is 0.0371. The molecule has 0 bridgehead atoms. The van der Waals surface area contributed by atoms with Crippen LogP contribution < -0.4 is 0 Å². The van der Waals surface area contributed by atoms with Crippen molar-refractivity contribution >= 4 is 32.6 Å². The number of rotatable bonds is 5. The average Bonchev–Trinajstić information content (AvgIpc) is 3.11. The van der Waals surface area contributed by atoms with Gasteiger partial charge in [0.25, 0.3) is 0 Å². The predicted octanol–water partition coefficient (Wildman–Crippen LogP) is 3.26. The Hall–Kier alpha value is -2.93. The van der Waals surface area contributed by atoms with Gasteiger partial charge < -0.3 is 4.98 Å². The average molecular weight is 425 g/mol. The quantitative estimate of drug-likeness (QED) is 0.637. The molecule has 7 heteroatoms. The molecule has 3 aromatic rings. The molecule has 30 heavy (non-hydrogen) atoms. The first-order valence-electron chi connectivity index (χ1n) is 9.99. The molecule has 0 unspecified atom stereocenters. The van der Waals surface area contributed by atoms with Crippen molar-refractivity contribution in [1.29, 1.82) is 0 Å². The van der Waals surface area contributed by atoms with Crippen molar-refractivity contribution in [3.05, 3.63) is 65.9 Å². The molecule has 0 spiro atoms. The van der Waals surface area contributed by atoms with Gasteiger partial charge in [-0.15, -0.1) is 0 Å². The summed E-state index contributed by atoms with van der Waals surface area (Å²) in [6.45, 7) is 3.69. The first-order chi connectivity index (χ1) is 14.3. The van der Waals surface area contributed by atoms with Crippen LogP contribution in [0.3, 0.4) is 0 Å². The molecule has 4 rings (SSSR count). The fourth-order valence-electron chi connectivity index (χ4n) is 4.13. The van der Waals surface area contributed by atoms with E-state index in [0.29, 0.717) is 6.42 Å². The topological polar surface area (TPSA) is 87.3 Å². The van der Waals surface area contributed by atoms with Gasteiger partial charge in [-0.3, -0.25) is 14.5 Å². The highest BCUT2D eigenvalue weighted by Crippen LogP contribution is 2.30. The molecule has 1 aliphatic rings. The van der Waals surface area contributed by atoms with Gasteiger partial charge in [-0.2, -0.15) is 0 Å². The van der Waals surface area contributed by atoms with Crippen LogP contribution in [0, 0.1) is 12.8 Å².